The topological polar surface area (TPSA) is 88.3 Å². The van der Waals surface area contributed by atoms with E-state index in [0.29, 0.717) is 41.5 Å². The molecule has 1 aliphatic heterocycles. The summed E-state index contributed by atoms with van der Waals surface area (Å²) in [4.78, 5) is 30.2. The summed E-state index contributed by atoms with van der Waals surface area (Å²) in [6.45, 7) is 3.00. The molecule has 31 heavy (non-hydrogen) atoms. The summed E-state index contributed by atoms with van der Waals surface area (Å²) in [7, 11) is 0. The minimum Gasteiger partial charge on any atom is -0.339 e. The number of carbonyl (C=O) groups excluding carboxylic acids is 2. The average molecular weight is 422 g/mol. The van der Waals surface area contributed by atoms with Crippen molar-refractivity contribution in [1.82, 2.24) is 15.0 Å². The second kappa shape index (κ2) is 9.07. The van der Waals surface area contributed by atoms with Gasteiger partial charge in [0.25, 0.3) is 0 Å². The Bertz CT molecular complexity index is 1110. The van der Waals surface area contributed by atoms with Gasteiger partial charge < -0.3 is 14.7 Å². The number of amides is 2. The SMILES string of the molecule is Cc1ccc(-c2noc(CCC(=O)Nc3cccc(CN4CCCC4=O)c3)n2)cc1F. The molecular weight excluding hydrogens is 399 g/mol. The quantitative estimate of drug-likeness (QED) is 0.624. The molecule has 2 heterocycles. The predicted molar refractivity (Wildman–Crippen MR) is 112 cm³/mol. The molecule has 2 aromatic carbocycles. The highest BCUT2D eigenvalue weighted by atomic mass is 19.1. The highest BCUT2D eigenvalue weighted by molar-refractivity contribution is 5.90. The Morgan fingerprint density at radius 3 is 2.90 bits per heavy atom. The standard InChI is InChI=1S/C23H23FN4O3/c1-15-7-8-17(13-19(15)24)23-26-21(31-27-23)10-9-20(29)25-18-5-2-4-16(12-18)14-28-11-3-6-22(28)30/h2,4-5,7-8,12-13H,3,6,9-11,14H2,1H3,(H,25,29). The first kappa shape index (κ1) is 20.7. The van der Waals surface area contributed by atoms with Crippen LogP contribution in [0.2, 0.25) is 0 Å². The number of hydrogen-bond donors (Lipinski definition) is 1. The minimum absolute atomic E-state index is 0.165. The maximum Gasteiger partial charge on any atom is 0.227 e. The normalized spacial score (nSPS) is 13.6. The largest absolute Gasteiger partial charge is 0.339 e. The van der Waals surface area contributed by atoms with Crippen molar-refractivity contribution in [2.75, 3.05) is 11.9 Å². The molecule has 0 unspecified atom stereocenters. The number of rotatable bonds is 7. The zero-order valence-electron chi connectivity index (χ0n) is 17.2. The van der Waals surface area contributed by atoms with Crippen molar-refractivity contribution >= 4 is 17.5 Å². The lowest BCUT2D eigenvalue weighted by Crippen LogP contribution is -2.23. The first-order valence-corrected chi connectivity index (χ1v) is 10.2. The number of halogens is 1. The van der Waals surface area contributed by atoms with Gasteiger partial charge in [0.1, 0.15) is 5.82 Å². The summed E-state index contributed by atoms with van der Waals surface area (Å²) in [5.74, 6) is 0.253. The van der Waals surface area contributed by atoms with Crippen molar-refractivity contribution in [3.05, 3.63) is 65.3 Å². The van der Waals surface area contributed by atoms with E-state index in [0.717, 1.165) is 18.5 Å². The number of nitrogens with zero attached hydrogens (tertiary/aromatic N) is 3. The second-order valence-electron chi connectivity index (χ2n) is 7.64. The van der Waals surface area contributed by atoms with E-state index in [2.05, 4.69) is 15.5 Å². The van der Waals surface area contributed by atoms with Crippen LogP contribution >= 0.6 is 0 Å². The first-order chi connectivity index (χ1) is 15.0. The number of benzene rings is 2. The van der Waals surface area contributed by atoms with Gasteiger partial charge in [0, 0.05) is 43.6 Å². The van der Waals surface area contributed by atoms with Crippen LogP contribution < -0.4 is 5.32 Å². The van der Waals surface area contributed by atoms with E-state index in [4.69, 9.17) is 4.52 Å². The molecule has 1 N–H and O–H groups in total. The zero-order valence-corrected chi connectivity index (χ0v) is 17.2. The van der Waals surface area contributed by atoms with Gasteiger partial charge in [0.15, 0.2) is 0 Å². The van der Waals surface area contributed by atoms with Crippen molar-refractivity contribution in [2.45, 2.75) is 39.2 Å². The van der Waals surface area contributed by atoms with Gasteiger partial charge in [0.2, 0.25) is 23.5 Å². The van der Waals surface area contributed by atoms with Gasteiger partial charge in [-0.3, -0.25) is 9.59 Å². The Hall–Kier alpha value is -3.55. The van der Waals surface area contributed by atoms with Crippen LogP contribution in [0.15, 0.2) is 47.0 Å². The Balaban J connectivity index is 1.31. The van der Waals surface area contributed by atoms with E-state index >= 15 is 0 Å². The van der Waals surface area contributed by atoms with Crippen LogP contribution in [0.25, 0.3) is 11.4 Å². The van der Waals surface area contributed by atoms with Crippen molar-refractivity contribution in [2.24, 2.45) is 0 Å². The zero-order chi connectivity index (χ0) is 21.8. The lowest BCUT2D eigenvalue weighted by Gasteiger charge is -2.16. The molecule has 0 saturated carbocycles. The smallest absolute Gasteiger partial charge is 0.227 e. The van der Waals surface area contributed by atoms with E-state index in [1.54, 1.807) is 19.1 Å². The number of nitrogens with one attached hydrogen (secondary N) is 1. The molecule has 1 fully saturated rings. The van der Waals surface area contributed by atoms with E-state index in [-0.39, 0.29) is 30.5 Å². The monoisotopic (exact) mass is 422 g/mol. The van der Waals surface area contributed by atoms with Crippen LogP contribution in [0.4, 0.5) is 10.1 Å². The average Bonchev–Trinajstić information content (AvgIpc) is 3.38. The summed E-state index contributed by atoms with van der Waals surface area (Å²) in [5, 5.41) is 6.73. The summed E-state index contributed by atoms with van der Waals surface area (Å²) in [6.07, 6.45) is 1.94. The predicted octanol–water partition coefficient (Wildman–Crippen LogP) is 3.88. The van der Waals surface area contributed by atoms with Crippen LogP contribution in [-0.4, -0.2) is 33.4 Å². The maximum absolute atomic E-state index is 13.7. The first-order valence-electron chi connectivity index (χ1n) is 10.2. The molecule has 1 saturated heterocycles. The van der Waals surface area contributed by atoms with Crippen molar-refractivity contribution in [3.63, 3.8) is 0 Å². The highest BCUT2D eigenvalue weighted by Crippen LogP contribution is 2.20. The summed E-state index contributed by atoms with van der Waals surface area (Å²) < 4.78 is 18.9. The molecule has 4 rings (SSSR count). The lowest BCUT2D eigenvalue weighted by molar-refractivity contribution is -0.128. The maximum atomic E-state index is 13.7. The molecule has 0 atom stereocenters. The number of aryl methyl sites for hydroxylation is 2. The van der Waals surface area contributed by atoms with Crippen LogP contribution in [0.1, 0.15) is 36.3 Å². The van der Waals surface area contributed by atoms with Gasteiger partial charge in [-0.1, -0.05) is 29.4 Å². The minimum atomic E-state index is -0.334. The molecule has 0 radical (unpaired) electrons. The fourth-order valence-electron chi connectivity index (χ4n) is 3.49. The molecule has 8 heteroatoms. The Labute approximate surface area is 179 Å². The van der Waals surface area contributed by atoms with Gasteiger partial charge in [-0.05, 0) is 42.7 Å². The molecule has 1 aromatic heterocycles. The van der Waals surface area contributed by atoms with Crippen molar-refractivity contribution in [3.8, 4) is 11.4 Å². The van der Waals surface area contributed by atoms with E-state index < -0.39 is 0 Å². The van der Waals surface area contributed by atoms with Crippen LogP contribution in [0.3, 0.4) is 0 Å². The second-order valence-corrected chi connectivity index (χ2v) is 7.64. The molecule has 0 bridgehead atoms. The summed E-state index contributed by atoms with van der Waals surface area (Å²) >= 11 is 0. The van der Waals surface area contributed by atoms with E-state index in [9.17, 15) is 14.0 Å². The van der Waals surface area contributed by atoms with Gasteiger partial charge in [-0.15, -0.1) is 0 Å². The molecule has 1 aliphatic rings. The third kappa shape index (κ3) is 5.14. The Morgan fingerprint density at radius 2 is 2.13 bits per heavy atom. The Kier molecular flexibility index (Phi) is 6.06. The fourth-order valence-corrected chi connectivity index (χ4v) is 3.49. The summed E-state index contributed by atoms with van der Waals surface area (Å²) in [6, 6.07) is 12.2. The number of aromatic nitrogens is 2. The molecule has 160 valence electrons. The number of hydrogen-bond acceptors (Lipinski definition) is 5. The van der Waals surface area contributed by atoms with Gasteiger partial charge >= 0.3 is 0 Å². The molecule has 0 spiro atoms. The molecule has 3 aromatic rings. The molecule has 0 aliphatic carbocycles. The molecule has 7 nitrogen and oxygen atoms in total. The van der Waals surface area contributed by atoms with Crippen LogP contribution in [0.5, 0.6) is 0 Å². The van der Waals surface area contributed by atoms with Gasteiger partial charge in [-0.25, -0.2) is 4.39 Å². The van der Waals surface area contributed by atoms with E-state index in [1.165, 1.54) is 6.07 Å². The number of carbonyl (C=O) groups is 2. The van der Waals surface area contributed by atoms with Gasteiger partial charge in [-0.2, -0.15) is 4.98 Å². The number of likely N-dealkylation sites (tertiary alicyclic amines) is 1. The molecule has 2 amide bonds. The fraction of sp³-hybridized carbons (Fsp3) is 0.304. The Morgan fingerprint density at radius 1 is 1.26 bits per heavy atom. The van der Waals surface area contributed by atoms with Crippen LogP contribution in [0, 0.1) is 12.7 Å². The van der Waals surface area contributed by atoms with Crippen molar-refractivity contribution < 1.29 is 18.5 Å². The number of anilines is 1. The third-order valence-corrected chi connectivity index (χ3v) is 5.22. The molecular formula is C23H23FN4O3. The van der Waals surface area contributed by atoms with E-state index in [1.807, 2.05) is 29.2 Å². The lowest BCUT2D eigenvalue weighted by atomic mass is 10.1. The third-order valence-electron chi connectivity index (χ3n) is 5.22. The van der Waals surface area contributed by atoms with Crippen molar-refractivity contribution in [1.29, 1.82) is 0 Å². The summed E-state index contributed by atoms with van der Waals surface area (Å²) in [5.41, 5.74) is 2.71. The van der Waals surface area contributed by atoms with Crippen LogP contribution in [-0.2, 0) is 22.6 Å². The van der Waals surface area contributed by atoms with Gasteiger partial charge in [0.05, 0.1) is 0 Å². The highest BCUT2D eigenvalue weighted by Gasteiger charge is 2.20.